The summed E-state index contributed by atoms with van der Waals surface area (Å²) in [6.07, 6.45) is 5.32. The second-order valence-electron chi connectivity index (χ2n) is 6.05. The van der Waals surface area contributed by atoms with Crippen molar-refractivity contribution >= 4 is 58.9 Å². The number of anilines is 1. The van der Waals surface area contributed by atoms with E-state index in [9.17, 15) is 8.42 Å². The summed E-state index contributed by atoms with van der Waals surface area (Å²) in [6.45, 7) is 0. The van der Waals surface area contributed by atoms with E-state index in [1.165, 1.54) is 5.56 Å². The molecule has 4 nitrogen and oxygen atoms in total. The number of nitrogens with two attached hydrogens (primary N) is 1. The van der Waals surface area contributed by atoms with E-state index >= 15 is 0 Å². The second kappa shape index (κ2) is 5.95. The largest absolute Gasteiger partial charge is 0.378 e. The molecule has 0 saturated heterocycles. The molecule has 126 valence electrons. The van der Waals surface area contributed by atoms with Crippen molar-refractivity contribution in [3.8, 4) is 0 Å². The third-order valence-corrected chi connectivity index (χ3v) is 7.98. The van der Waals surface area contributed by atoms with Crippen LogP contribution in [0.5, 0.6) is 0 Å². The van der Waals surface area contributed by atoms with Crippen molar-refractivity contribution in [2.45, 2.75) is 23.3 Å². The molecule has 8 heteroatoms. The highest BCUT2D eigenvalue weighted by Gasteiger charge is 2.39. The molecule has 0 saturated carbocycles. The fourth-order valence-corrected chi connectivity index (χ4v) is 7.10. The summed E-state index contributed by atoms with van der Waals surface area (Å²) in [5.74, 6) is 0.546. The van der Waals surface area contributed by atoms with Crippen molar-refractivity contribution in [2.24, 2.45) is 11.1 Å². The maximum Gasteiger partial charge on any atom is 0.238 e. The molecule has 1 aromatic carbocycles. The number of nitrogens with one attached hydrogen (secondary N) is 1. The van der Waals surface area contributed by atoms with Crippen LogP contribution in [0.2, 0.25) is 0 Å². The maximum absolute atomic E-state index is 11.7. The van der Waals surface area contributed by atoms with Gasteiger partial charge in [-0.05, 0) is 74.0 Å². The van der Waals surface area contributed by atoms with Crippen LogP contribution in [0, 0.1) is 5.92 Å². The smallest absolute Gasteiger partial charge is 0.238 e. The zero-order valence-corrected chi connectivity index (χ0v) is 17.2. The van der Waals surface area contributed by atoms with Crippen LogP contribution in [0.4, 0.5) is 5.69 Å². The number of hydrogen-bond acceptors (Lipinski definition) is 4. The van der Waals surface area contributed by atoms with Gasteiger partial charge in [-0.1, -0.05) is 12.2 Å². The zero-order chi connectivity index (χ0) is 17.1. The number of rotatable bonds is 2. The van der Waals surface area contributed by atoms with Gasteiger partial charge in [0.2, 0.25) is 10.0 Å². The predicted molar refractivity (Wildman–Crippen MR) is 104 cm³/mol. The van der Waals surface area contributed by atoms with Crippen molar-refractivity contribution < 1.29 is 8.42 Å². The Morgan fingerprint density at radius 2 is 2.00 bits per heavy atom. The molecule has 1 aliphatic heterocycles. The van der Waals surface area contributed by atoms with Gasteiger partial charge in [0.1, 0.15) is 0 Å². The van der Waals surface area contributed by atoms with Gasteiger partial charge < -0.3 is 5.32 Å². The summed E-state index contributed by atoms with van der Waals surface area (Å²) in [5, 5.41) is 8.89. The Balaban J connectivity index is 1.82. The van der Waals surface area contributed by atoms with Crippen molar-refractivity contribution in [1.29, 1.82) is 0 Å². The topological polar surface area (TPSA) is 72.2 Å². The second-order valence-corrected chi connectivity index (χ2v) is 11.4. The van der Waals surface area contributed by atoms with Crippen LogP contribution in [0.3, 0.4) is 0 Å². The van der Waals surface area contributed by atoms with Crippen molar-refractivity contribution in [3.05, 3.63) is 55.1 Å². The van der Waals surface area contributed by atoms with E-state index in [1.807, 2.05) is 6.07 Å². The third-order valence-electron chi connectivity index (χ3n) is 4.68. The van der Waals surface area contributed by atoms with Crippen molar-refractivity contribution in [3.63, 3.8) is 0 Å². The molecule has 0 radical (unpaired) electrons. The van der Waals surface area contributed by atoms with E-state index in [2.05, 4.69) is 55.4 Å². The summed E-state index contributed by atoms with van der Waals surface area (Å²) >= 11 is 8.87. The van der Waals surface area contributed by atoms with Crippen LogP contribution in [-0.4, -0.2) is 8.42 Å². The number of hydrogen-bond donors (Lipinski definition) is 2. The first-order chi connectivity index (χ1) is 11.3. The monoisotopic (exact) mass is 488 g/mol. The first-order valence-corrected chi connectivity index (χ1v) is 11.3. The quantitative estimate of drug-likeness (QED) is 0.598. The summed E-state index contributed by atoms with van der Waals surface area (Å²) in [4.78, 5) is 0.167. The SMILES string of the molecule is NS(=O)(=O)c1ccc2c(c1)[C@H]1C=CC[C@H]1[C@@H](c1cc(Br)sc1Br)N2. The van der Waals surface area contributed by atoms with Gasteiger partial charge >= 0.3 is 0 Å². The lowest BCUT2D eigenvalue weighted by Crippen LogP contribution is -2.29. The Labute approximate surface area is 161 Å². The lowest BCUT2D eigenvalue weighted by molar-refractivity contribution is 0.425. The standard InChI is InChI=1S/C16H14Br2N2O2S2/c17-14-7-12(16(18)23-14)15-10-3-1-2-9(10)11-6-8(24(19,21)22)4-5-13(11)20-15/h1-2,4-7,9-10,15,20H,3H2,(H2,19,21,22)/t9-,10+,15-/m0/s1. The number of allylic oxidation sites excluding steroid dienone is 2. The van der Waals surface area contributed by atoms with E-state index in [1.54, 1.807) is 23.5 Å². The van der Waals surface area contributed by atoms with Gasteiger partial charge in [-0.25, -0.2) is 13.6 Å². The summed E-state index contributed by atoms with van der Waals surface area (Å²) in [6, 6.07) is 7.41. The van der Waals surface area contributed by atoms with Crippen molar-refractivity contribution in [2.75, 3.05) is 5.32 Å². The van der Waals surface area contributed by atoms with E-state index in [-0.39, 0.29) is 16.9 Å². The predicted octanol–water partition coefficient (Wildman–Crippen LogP) is 4.75. The fraction of sp³-hybridized carbons (Fsp3) is 0.250. The Kier molecular flexibility index (Phi) is 4.16. The highest BCUT2D eigenvalue weighted by Crippen LogP contribution is 2.52. The molecule has 3 N–H and O–H groups in total. The molecule has 1 aliphatic carbocycles. The first kappa shape index (κ1) is 16.8. The molecule has 0 fully saturated rings. The third kappa shape index (κ3) is 2.78. The zero-order valence-electron chi connectivity index (χ0n) is 12.4. The van der Waals surface area contributed by atoms with Crippen LogP contribution in [0.25, 0.3) is 0 Å². The minimum atomic E-state index is -3.70. The molecule has 0 unspecified atom stereocenters. The lowest BCUT2D eigenvalue weighted by Gasteiger charge is -2.37. The molecular weight excluding hydrogens is 476 g/mol. The number of sulfonamides is 1. The fourth-order valence-electron chi connectivity index (χ4n) is 3.62. The van der Waals surface area contributed by atoms with Gasteiger partial charge in [-0.2, -0.15) is 0 Å². The minimum Gasteiger partial charge on any atom is -0.378 e. The van der Waals surface area contributed by atoms with Crippen LogP contribution >= 0.6 is 43.2 Å². The molecule has 3 atom stereocenters. The summed E-state index contributed by atoms with van der Waals surface area (Å²) in [7, 11) is -3.70. The Bertz CT molecular complexity index is 953. The molecule has 0 spiro atoms. The molecule has 2 aromatic rings. The van der Waals surface area contributed by atoms with E-state index < -0.39 is 10.0 Å². The van der Waals surface area contributed by atoms with Gasteiger partial charge in [-0.15, -0.1) is 11.3 Å². The molecule has 2 aliphatic rings. The summed E-state index contributed by atoms with van der Waals surface area (Å²) < 4.78 is 25.5. The van der Waals surface area contributed by atoms with Crippen LogP contribution in [0.1, 0.15) is 29.5 Å². The Hall–Kier alpha value is -0.670. The minimum absolute atomic E-state index is 0.167. The first-order valence-electron chi connectivity index (χ1n) is 7.39. The highest BCUT2D eigenvalue weighted by atomic mass is 79.9. The molecule has 2 heterocycles. The number of primary sulfonamides is 1. The Morgan fingerprint density at radius 1 is 1.21 bits per heavy atom. The normalized spacial score (nSPS) is 25.2. The van der Waals surface area contributed by atoms with Crippen LogP contribution in [0.15, 0.2) is 48.9 Å². The maximum atomic E-state index is 11.7. The molecule has 0 amide bonds. The average Bonchev–Trinajstić information content (AvgIpc) is 3.11. The number of halogens is 2. The molecular formula is C16H14Br2N2O2S2. The average molecular weight is 490 g/mol. The molecule has 0 bridgehead atoms. The van der Waals surface area contributed by atoms with Gasteiger partial charge in [0.15, 0.2) is 0 Å². The number of thiophene rings is 1. The lowest BCUT2D eigenvalue weighted by atomic mass is 9.77. The van der Waals surface area contributed by atoms with Crippen molar-refractivity contribution in [1.82, 2.24) is 0 Å². The van der Waals surface area contributed by atoms with Gasteiger partial charge in [0.25, 0.3) is 0 Å². The van der Waals surface area contributed by atoms with Gasteiger partial charge in [-0.3, -0.25) is 0 Å². The molecule has 1 aromatic heterocycles. The number of benzene rings is 1. The molecule has 24 heavy (non-hydrogen) atoms. The van der Waals surface area contributed by atoms with Crippen LogP contribution < -0.4 is 10.5 Å². The van der Waals surface area contributed by atoms with E-state index in [4.69, 9.17) is 5.14 Å². The molecule has 4 rings (SSSR count). The van der Waals surface area contributed by atoms with Gasteiger partial charge in [0, 0.05) is 17.2 Å². The summed E-state index contributed by atoms with van der Waals surface area (Å²) in [5.41, 5.74) is 3.20. The van der Waals surface area contributed by atoms with E-state index in [0.29, 0.717) is 5.92 Å². The van der Waals surface area contributed by atoms with E-state index in [0.717, 1.165) is 25.2 Å². The van der Waals surface area contributed by atoms with Gasteiger partial charge in [0.05, 0.1) is 18.5 Å². The van der Waals surface area contributed by atoms with Crippen LogP contribution in [-0.2, 0) is 10.0 Å². The Morgan fingerprint density at radius 3 is 2.67 bits per heavy atom. The highest BCUT2D eigenvalue weighted by molar-refractivity contribution is 9.12. The number of fused-ring (bicyclic) bond motifs is 3.